The third-order valence-corrected chi connectivity index (χ3v) is 3.76. The van der Waals surface area contributed by atoms with Crippen molar-refractivity contribution < 1.29 is 5.11 Å². The van der Waals surface area contributed by atoms with Crippen LogP contribution in [0.25, 0.3) is 11.0 Å². The maximum Gasteiger partial charge on any atom is 0.136 e. The van der Waals surface area contributed by atoms with Crippen LogP contribution in [0.4, 0.5) is 0 Å². The summed E-state index contributed by atoms with van der Waals surface area (Å²) in [5.41, 5.74) is 4.25. The molecule has 1 N–H and O–H groups in total. The molecule has 20 heavy (non-hydrogen) atoms. The number of aliphatic hydroxyl groups excluding tert-OH is 1. The second-order valence-electron chi connectivity index (χ2n) is 4.83. The second-order valence-corrected chi connectivity index (χ2v) is 5.27. The highest BCUT2D eigenvalue weighted by Crippen LogP contribution is 2.22. The highest BCUT2D eigenvalue weighted by molar-refractivity contribution is 6.31. The number of nitrogens with zero attached hydrogens (tertiary/aromatic N) is 2. The van der Waals surface area contributed by atoms with Crippen LogP contribution in [0.1, 0.15) is 17.0 Å². The predicted octanol–water partition coefficient (Wildman–Crippen LogP) is 3.54. The number of hydrogen-bond donors (Lipinski definition) is 1. The van der Waals surface area contributed by atoms with E-state index in [0.717, 1.165) is 11.0 Å². The van der Waals surface area contributed by atoms with Crippen LogP contribution in [-0.4, -0.2) is 14.7 Å². The van der Waals surface area contributed by atoms with E-state index in [0.29, 0.717) is 17.4 Å². The largest absolute Gasteiger partial charge is 0.388 e. The van der Waals surface area contributed by atoms with Crippen molar-refractivity contribution in [2.24, 2.45) is 0 Å². The number of aryl methyl sites for hydroxylation is 1. The van der Waals surface area contributed by atoms with E-state index < -0.39 is 0 Å². The zero-order valence-electron chi connectivity index (χ0n) is 11.2. The summed E-state index contributed by atoms with van der Waals surface area (Å²) in [5.74, 6) is 0.658. The fraction of sp³-hybridized carbons (Fsp3) is 0.188. The molecule has 0 radical (unpaired) electrons. The van der Waals surface area contributed by atoms with Crippen molar-refractivity contribution in [2.45, 2.75) is 20.1 Å². The number of halogens is 1. The number of imidazole rings is 1. The van der Waals surface area contributed by atoms with Gasteiger partial charge in [0.1, 0.15) is 12.4 Å². The van der Waals surface area contributed by atoms with Gasteiger partial charge in [0.25, 0.3) is 0 Å². The van der Waals surface area contributed by atoms with E-state index in [1.54, 1.807) is 0 Å². The minimum atomic E-state index is -0.0851. The summed E-state index contributed by atoms with van der Waals surface area (Å²) in [7, 11) is 0. The SMILES string of the molecule is Cc1ccccc1Cn1c(CO)nc2cc(Cl)ccc21. The van der Waals surface area contributed by atoms with Gasteiger partial charge in [-0.15, -0.1) is 0 Å². The zero-order valence-corrected chi connectivity index (χ0v) is 11.9. The molecule has 0 unspecified atom stereocenters. The molecule has 0 amide bonds. The Bertz CT molecular complexity index is 764. The van der Waals surface area contributed by atoms with Crippen molar-refractivity contribution in [1.29, 1.82) is 0 Å². The summed E-state index contributed by atoms with van der Waals surface area (Å²) in [5, 5.41) is 10.2. The van der Waals surface area contributed by atoms with Crippen LogP contribution < -0.4 is 0 Å². The Balaban J connectivity index is 2.12. The van der Waals surface area contributed by atoms with Gasteiger partial charge in [0.05, 0.1) is 11.0 Å². The number of aromatic nitrogens is 2. The highest BCUT2D eigenvalue weighted by Gasteiger charge is 2.11. The van der Waals surface area contributed by atoms with Gasteiger partial charge in [-0.25, -0.2) is 4.98 Å². The summed E-state index contributed by atoms with van der Waals surface area (Å²) < 4.78 is 2.04. The molecule has 0 fully saturated rings. The van der Waals surface area contributed by atoms with E-state index in [4.69, 9.17) is 11.6 Å². The van der Waals surface area contributed by atoms with Crippen LogP contribution in [0.2, 0.25) is 5.02 Å². The molecule has 2 aromatic carbocycles. The monoisotopic (exact) mass is 286 g/mol. The molecule has 4 heteroatoms. The molecule has 3 aromatic rings. The first-order chi connectivity index (χ1) is 9.69. The van der Waals surface area contributed by atoms with Crippen molar-refractivity contribution in [2.75, 3.05) is 0 Å². The maximum atomic E-state index is 9.52. The Kier molecular flexibility index (Phi) is 3.47. The molecule has 0 saturated carbocycles. The van der Waals surface area contributed by atoms with Gasteiger partial charge in [0.15, 0.2) is 0 Å². The first-order valence-electron chi connectivity index (χ1n) is 6.49. The van der Waals surface area contributed by atoms with Gasteiger partial charge in [-0.3, -0.25) is 0 Å². The van der Waals surface area contributed by atoms with E-state index >= 15 is 0 Å². The molecule has 0 aliphatic carbocycles. The third kappa shape index (κ3) is 2.30. The molecule has 0 bridgehead atoms. The number of rotatable bonds is 3. The van der Waals surface area contributed by atoms with Crippen LogP contribution in [0.3, 0.4) is 0 Å². The summed E-state index contributed by atoms with van der Waals surface area (Å²) >= 11 is 6.00. The molecule has 1 aromatic heterocycles. The van der Waals surface area contributed by atoms with Crippen molar-refractivity contribution in [1.82, 2.24) is 9.55 Å². The van der Waals surface area contributed by atoms with E-state index in [1.165, 1.54) is 11.1 Å². The van der Waals surface area contributed by atoms with E-state index in [-0.39, 0.29) is 6.61 Å². The second kappa shape index (κ2) is 5.27. The van der Waals surface area contributed by atoms with Crippen LogP contribution >= 0.6 is 11.6 Å². The smallest absolute Gasteiger partial charge is 0.136 e. The lowest BCUT2D eigenvalue weighted by Gasteiger charge is -2.10. The quantitative estimate of drug-likeness (QED) is 0.800. The number of hydrogen-bond acceptors (Lipinski definition) is 2. The first-order valence-corrected chi connectivity index (χ1v) is 6.87. The Morgan fingerprint density at radius 3 is 2.75 bits per heavy atom. The number of aliphatic hydroxyl groups is 1. The Hall–Kier alpha value is -1.84. The fourth-order valence-electron chi connectivity index (χ4n) is 2.41. The van der Waals surface area contributed by atoms with Crippen LogP contribution in [0.5, 0.6) is 0 Å². The minimum absolute atomic E-state index is 0.0851. The molecule has 102 valence electrons. The normalized spacial score (nSPS) is 11.2. The Morgan fingerprint density at radius 1 is 1.20 bits per heavy atom. The molecule has 1 heterocycles. The van der Waals surface area contributed by atoms with Gasteiger partial charge in [-0.2, -0.15) is 0 Å². The molecule has 0 aliphatic rings. The summed E-state index contributed by atoms with van der Waals surface area (Å²) in [4.78, 5) is 4.45. The van der Waals surface area contributed by atoms with Crippen molar-refractivity contribution in [3.8, 4) is 0 Å². The average molecular weight is 287 g/mol. The first kappa shape index (κ1) is 13.2. The summed E-state index contributed by atoms with van der Waals surface area (Å²) in [6, 6.07) is 13.9. The Morgan fingerprint density at radius 2 is 2.00 bits per heavy atom. The lowest BCUT2D eigenvalue weighted by Crippen LogP contribution is -2.06. The molecular weight excluding hydrogens is 272 g/mol. The Labute approximate surface area is 122 Å². The summed E-state index contributed by atoms with van der Waals surface area (Å²) in [6.45, 7) is 2.70. The molecule has 0 spiro atoms. The van der Waals surface area contributed by atoms with Crippen LogP contribution in [0.15, 0.2) is 42.5 Å². The van der Waals surface area contributed by atoms with E-state index in [2.05, 4.69) is 24.0 Å². The molecule has 3 rings (SSSR count). The van der Waals surface area contributed by atoms with Gasteiger partial charge >= 0.3 is 0 Å². The van der Waals surface area contributed by atoms with Crippen LogP contribution in [-0.2, 0) is 13.2 Å². The molecule has 0 aliphatic heterocycles. The van der Waals surface area contributed by atoms with Gasteiger partial charge in [-0.1, -0.05) is 35.9 Å². The third-order valence-electron chi connectivity index (χ3n) is 3.52. The molecular formula is C16H15ClN2O. The fourth-order valence-corrected chi connectivity index (χ4v) is 2.57. The van der Waals surface area contributed by atoms with E-state index in [1.807, 2.05) is 34.9 Å². The van der Waals surface area contributed by atoms with Gasteiger partial charge in [-0.05, 0) is 36.2 Å². The van der Waals surface area contributed by atoms with Crippen molar-refractivity contribution >= 4 is 22.6 Å². The highest BCUT2D eigenvalue weighted by atomic mass is 35.5. The average Bonchev–Trinajstić information content (AvgIpc) is 2.78. The standard InChI is InChI=1S/C16H15ClN2O/c1-11-4-2-3-5-12(11)9-19-15-7-6-13(17)8-14(15)18-16(19)10-20/h2-8,20H,9-10H2,1H3. The lowest BCUT2D eigenvalue weighted by molar-refractivity contribution is 0.267. The van der Waals surface area contributed by atoms with Gasteiger partial charge in [0.2, 0.25) is 0 Å². The summed E-state index contributed by atoms with van der Waals surface area (Å²) in [6.07, 6.45) is 0. The predicted molar refractivity (Wildman–Crippen MR) is 80.9 cm³/mol. The van der Waals surface area contributed by atoms with E-state index in [9.17, 15) is 5.11 Å². The van der Waals surface area contributed by atoms with Gasteiger partial charge < -0.3 is 9.67 Å². The van der Waals surface area contributed by atoms with Crippen molar-refractivity contribution in [3.05, 3.63) is 64.4 Å². The van der Waals surface area contributed by atoms with Gasteiger partial charge in [0, 0.05) is 11.6 Å². The minimum Gasteiger partial charge on any atom is -0.388 e. The molecule has 0 saturated heterocycles. The topological polar surface area (TPSA) is 38.0 Å². The molecule has 0 atom stereocenters. The number of fused-ring (bicyclic) bond motifs is 1. The maximum absolute atomic E-state index is 9.52. The lowest BCUT2D eigenvalue weighted by atomic mass is 10.1. The molecule has 3 nitrogen and oxygen atoms in total. The number of benzene rings is 2. The van der Waals surface area contributed by atoms with Crippen molar-refractivity contribution in [3.63, 3.8) is 0 Å². The zero-order chi connectivity index (χ0) is 14.1. The van der Waals surface area contributed by atoms with Crippen LogP contribution in [0, 0.1) is 6.92 Å².